The lowest BCUT2D eigenvalue weighted by molar-refractivity contribution is 0.0795. The molecular weight excluding hydrogens is 270 g/mol. The maximum atomic E-state index is 12.3. The largest absolute Gasteiger partial charge is 0.497 e. The van der Waals surface area contributed by atoms with E-state index in [4.69, 9.17) is 4.74 Å². The number of rotatable bonds is 3. The first-order chi connectivity index (χ1) is 9.78. The van der Waals surface area contributed by atoms with E-state index in [0.717, 1.165) is 30.1 Å². The van der Waals surface area contributed by atoms with Gasteiger partial charge in [0, 0.05) is 19.0 Å². The summed E-state index contributed by atoms with van der Waals surface area (Å²) in [4.78, 5) is 15.1. The van der Waals surface area contributed by atoms with Crippen molar-refractivity contribution in [3.8, 4) is 5.75 Å². The van der Waals surface area contributed by atoms with Gasteiger partial charge in [-0.15, -0.1) is 11.3 Å². The van der Waals surface area contributed by atoms with Crippen LogP contribution < -0.4 is 4.74 Å². The van der Waals surface area contributed by atoms with Crippen LogP contribution in [0.25, 0.3) is 0 Å². The molecule has 0 N–H and O–H groups in total. The van der Waals surface area contributed by atoms with Crippen molar-refractivity contribution in [3.63, 3.8) is 0 Å². The Kier molecular flexibility index (Phi) is 3.74. The van der Waals surface area contributed by atoms with Crippen LogP contribution in [-0.2, 0) is 0 Å². The normalized spacial score (nSPS) is 18.2. The monoisotopic (exact) mass is 287 g/mol. The molecule has 0 bridgehead atoms. The van der Waals surface area contributed by atoms with Gasteiger partial charge in [0.05, 0.1) is 12.0 Å². The zero-order chi connectivity index (χ0) is 13.9. The van der Waals surface area contributed by atoms with Gasteiger partial charge in [0.25, 0.3) is 5.91 Å². The highest BCUT2D eigenvalue weighted by Crippen LogP contribution is 2.29. The van der Waals surface area contributed by atoms with Crippen LogP contribution in [0.15, 0.2) is 41.8 Å². The first-order valence-corrected chi connectivity index (χ1v) is 7.62. The number of methoxy groups -OCH3 is 1. The van der Waals surface area contributed by atoms with E-state index in [1.165, 1.54) is 16.9 Å². The van der Waals surface area contributed by atoms with Crippen LogP contribution in [0.2, 0.25) is 0 Å². The molecule has 2 aromatic rings. The minimum Gasteiger partial charge on any atom is -0.497 e. The van der Waals surface area contributed by atoms with Crippen molar-refractivity contribution >= 4 is 17.2 Å². The van der Waals surface area contributed by atoms with Crippen LogP contribution in [0.4, 0.5) is 0 Å². The number of benzene rings is 1. The van der Waals surface area contributed by atoms with E-state index < -0.39 is 0 Å². The van der Waals surface area contributed by atoms with Crippen LogP contribution in [-0.4, -0.2) is 31.0 Å². The average Bonchev–Trinajstić information content (AvgIpc) is 3.18. The van der Waals surface area contributed by atoms with Gasteiger partial charge in [0.15, 0.2) is 0 Å². The highest BCUT2D eigenvalue weighted by atomic mass is 32.1. The second-order valence-electron chi connectivity index (χ2n) is 4.99. The van der Waals surface area contributed by atoms with E-state index in [0.29, 0.717) is 5.92 Å². The molecule has 0 spiro atoms. The highest BCUT2D eigenvalue weighted by Gasteiger charge is 2.28. The average molecular weight is 287 g/mol. The van der Waals surface area contributed by atoms with E-state index in [-0.39, 0.29) is 5.91 Å². The third-order valence-corrected chi connectivity index (χ3v) is 4.65. The predicted molar refractivity (Wildman–Crippen MR) is 80.6 cm³/mol. The molecule has 0 aliphatic carbocycles. The molecule has 0 saturated carbocycles. The Bertz CT molecular complexity index is 577. The SMILES string of the molecule is COc1ccc([C@@H]2CCN(C(=O)c3cccs3)C2)cc1. The molecule has 1 aromatic carbocycles. The number of ether oxygens (including phenoxy) is 1. The lowest BCUT2D eigenvalue weighted by atomic mass is 9.98. The summed E-state index contributed by atoms with van der Waals surface area (Å²) in [6, 6.07) is 12.0. The van der Waals surface area contributed by atoms with Gasteiger partial charge >= 0.3 is 0 Å². The van der Waals surface area contributed by atoms with E-state index >= 15 is 0 Å². The van der Waals surface area contributed by atoms with Crippen molar-refractivity contribution in [1.82, 2.24) is 4.90 Å². The van der Waals surface area contributed by atoms with E-state index in [1.807, 2.05) is 34.5 Å². The van der Waals surface area contributed by atoms with Gasteiger partial charge in [0.2, 0.25) is 0 Å². The van der Waals surface area contributed by atoms with E-state index in [2.05, 4.69) is 12.1 Å². The number of likely N-dealkylation sites (tertiary alicyclic amines) is 1. The van der Waals surface area contributed by atoms with Crippen molar-refractivity contribution in [1.29, 1.82) is 0 Å². The molecule has 1 saturated heterocycles. The van der Waals surface area contributed by atoms with Crippen molar-refractivity contribution < 1.29 is 9.53 Å². The van der Waals surface area contributed by atoms with Crippen molar-refractivity contribution in [2.75, 3.05) is 20.2 Å². The van der Waals surface area contributed by atoms with Gasteiger partial charge < -0.3 is 9.64 Å². The fourth-order valence-corrected chi connectivity index (χ4v) is 3.34. The fourth-order valence-electron chi connectivity index (χ4n) is 2.65. The Morgan fingerprint density at radius 1 is 1.30 bits per heavy atom. The van der Waals surface area contributed by atoms with Crippen LogP contribution in [0.1, 0.15) is 27.6 Å². The third kappa shape index (κ3) is 2.56. The maximum absolute atomic E-state index is 12.3. The number of amides is 1. The predicted octanol–water partition coefficient (Wildman–Crippen LogP) is 3.39. The van der Waals surface area contributed by atoms with Crippen LogP contribution in [0, 0.1) is 0 Å². The molecule has 3 nitrogen and oxygen atoms in total. The minimum absolute atomic E-state index is 0.163. The van der Waals surface area contributed by atoms with E-state index in [1.54, 1.807) is 7.11 Å². The summed E-state index contributed by atoms with van der Waals surface area (Å²) in [6.45, 7) is 1.65. The maximum Gasteiger partial charge on any atom is 0.263 e. The second kappa shape index (κ2) is 5.67. The summed E-state index contributed by atoms with van der Waals surface area (Å²) in [5.74, 6) is 1.47. The van der Waals surface area contributed by atoms with Gasteiger partial charge in [-0.1, -0.05) is 18.2 Å². The van der Waals surface area contributed by atoms with Crippen molar-refractivity contribution in [2.45, 2.75) is 12.3 Å². The van der Waals surface area contributed by atoms with Crippen molar-refractivity contribution in [2.24, 2.45) is 0 Å². The summed E-state index contributed by atoms with van der Waals surface area (Å²) in [5, 5.41) is 1.95. The molecule has 1 aliphatic heterocycles. The molecule has 1 aliphatic rings. The summed E-state index contributed by atoms with van der Waals surface area (Å²) >= 11 is 1.51. The summed E-state index contributed by atoms with van der Waals surface area (Å²) in [5.41, 5.74) is 1.28. The van der Waals surface area contributed by atoms with Crippen molar-refractivity contribution in [3.05, 3.63) is 52.2 Å². The molecule has 1 atom stereocenters. The number of nitrogens with zero attached hydrogens (tertiary/aromatic N) is 1. The van der Waals surface area contributed by atoms with Gasteiger partial charge in [-0.05, 0) is 35.6 Å². The summed E-state index contributed by atoms with van der Waals surface area (Å²) in [6.07, 6.45) is 1.03. The highest BCUT2D eigenvalue weighted by molar-refractivity contribution is 7.12. The zero-order valence-corrected chi connectivity index (χ0v) is 12.2. The lowest BCUT2D eigenvalue weighted by Gasteiger charge is -2.16. The van der Waals surface area contributed by atoms with Crippen LogP contribution in [0.3, 0.4) is 0 Å². The zero-order valence-electron chi connectivity index (χ0n) is 11.4. The Hall–Kier alpha value is -1.81. The molecule has 1 amide bonds. The molecule has 3 rings (SSSR count). The second-order valence-corrected chi connectivity index (χ2v) is 5.93. The third-order valence-electron chi connectivity index (χ3n) is 3.79. The lowest BCUT2D eigenvalue weighted by Crippen LogP contribution is -2.27. The number of carbonyl (C=O) groups is 1. The Labute approximate surface area is 122 Å². The number of carbonyl (C=O) groups excluding carboxylic acids is 1. The number of hydrogen-bond acceptors (Lipinski definition) is 3. The van der Waals surface area contributed by atoms with Gasteiger partial charge in [-0.3, -0.25) is 4.79 Å². The molecule has 2 heterocycles. The first kappa shape index (κ1) is 13.2. The Balaban J connectivity index is 1.68. The molecule has 1 fully saturated rings. The molecule has 4 heteroatoms. The molecule has 20 heavy (non-hydrogen) atoms. The molecule has 104 valence electrons. The number of thiophene rings is 1. The molecular formula is C16H17NO2S. The number of hydrogen-bond donors (Lipinski definition) is 0. The molecule has 0 radical (unpaired) electrons. The minimum atomic E-state index is 0.163. The molecule has 1 aromatic heterocycles. The first-order valence-electron chi connectivity index (χ1n) is 6.74. The fraction of sp³-hybridized carbons (Fsp3) is 0.312. The van der Waals surface area contributed by atoms with Crippen LogP contribution >= 0.6 is 11.3 Å². The quantitative estimate of drug-likeness (QED) is 0.866. The Morgan fingerprint density at radius 3 is 2.75 bits per heavy atom. The van der Waals surface area contributed by atoms with Gasteiger partial charge in [0.1, 0.15) is 5.75 Å². The molecule has 0 unspecified atom stereocenters. The topological polar surface area (TPSA) is 29.5 Å². The Morgan fingerprint density at radius 2 is 2.10 bits per heavy atom. The van der Waals surface area contributed by atoms with Crippen LogP contribution in [0.5, 0.6) is 5.75 Å². The van der Waals surface area contributed by atoms with Gasteiger partial charge in [-0.2, -0.15) is 0 Å². The van der Waals surface area contributed by atoms with Gasteiger partial charge in [-0.25, -0.2) is 0 Å². The smallest absolute Gasteiger partial charge is 0.263 e. The van der Waals surface area contributed by atoms with E-state index in [9.17, 15) is 4.79 Å². The summed E-state index contributed by atoms with van der Waals surface area (Å²) in [7, 11) is 1.67. The standard InChI is InChI=1S/C16H17NO2S/c1-19-14-6-4-12(5-7-14)13-8-9-17(11-13)16(18)15-3-2-10-20-15/h2-7,10,13H,8-9,11H2,1H3/t13-/m1/s1. The summed E-state index contributed by atoms with van der Waals surface area (Å²) < 4.78 is 5.18.